The van der Waals surface area contributed by atoms with Crippen molar-refractivity contribution in [2.75, 3.05) is 16.8 Å². The lowest BCUT2D eigenvalue weighted by atomic mass is 10.1. The highest BCUT2D eigenvalue weighted by atomic mass is 35.5. The molecule has 1 aliphatic heterocycles. The van der Waals surface area contributed by atoms with Crippen LogP contribution in [0.4, 0.5) is 16.2 Å². The van der Waals surface area contributed by atoms with Gasteiger partial charge >= 0.3 is 6.03 Å². The molecular formula is C26H19Cl2N3O5. The number of benzene rings is 3. The summed E-state index contributed by atoms with van der Waals surface area (Å²) in [6.07, 6.45) is 1.31. The van der Waals surface area contributed by atoms with E-state index in [1.165, 1.54) is 18.2 Å². The highest BCUT2D eigenvalue weighted by Crippen LogP contribution is 2.31. The Morgan fingerprint density at radius 1 is 1.00 bits per heavy atom. The van der Waals surface area contributed by atoms with Crippen LogP contribution in [0.5, 0.6) is 5.75 Å². The summed E-state index contributed by atoms with van der Waals surface area (Å²) in [5.74, 6) is -1.76. The highest BCUT2D eigenvalue weighted by molar-refractivity contribution is 6.40. The van der Waals surface area contributed by atoms with E-state index < -0.39 is 17.8 Å². The van der Waals surface area contributed by atoms with Crippen molar-refractivity contribution >= 4 is 64.4 Å². The molecule has 5 amide bonds. The van der Waals surface area contributed by atoms with Crippen molar-refractivity contribution in [2.45, 2.75) is 6.92 Å². The van der Waals surface area contributed by atoms with Crippen molar-refractivity contribution in [2.24, 2.45) is 0 Å². The van der Waals surface area contributed by atoms with Crippen molar-refractivity contribution in [3.8, 4) is 5.75 Å². The fourth-order valence-corrected chi connectivity index (χ4v) is 3.88. The van der Waals surface area contributed by atoms with Gasteiger partial charge in [-0.3, -0.25) is 19.7 Å². The summed E-state index contributed by atoms with van der Waals surface area (Å²) in [7, 11) is 0. The molecule has 8 nitrogen and oxygen atoms in total. The number of carbonyl (C=O) groups is 4. The Balaban J connectivity index is 1.51. The second-order valence-electron chi connectivity index (χ2n) is 7.73. The van der Waals surface area contributed by atoms with E-state index in [2.05, 4.69) is 10.6 Å². The zero-order valence-electron chi connectivity index (χ0n) is 18.9. The number of hydrogen-bond acceptors (Lipinski definition) is 5. The van der Waals surface area contributed by atoms with Gasteiger partial charge in [0.05, 0.1) is 10.7 Å². The van der Waals surface area contributed by atoms with E-state index in [1.54, 1.807) is 55.5 Å². The minimum Gasteiger partial charge on any atom is -0.482 e. The summed E-state index contributed by atoms with van der Waals surface area (Å²) in [6.45, 7) is 1.39. The summed E-state index contributed by atoms with van der Waals surface area (Å²) in [5.41, 5.74) is 1.56. The Bertz CT molecular complexity index is 1410. The smallest absolute Gasteiger partial charge is 0.335 e. The number of para-hydroxylation sites is 1. The van der Waals surface area contributed by atoms with Crippen molar-refractivity contribution in [1.82, 2.24) is 5.32 Å². The third-order valence-corrected chi connectivity index (χ3v) is 5.97. The summed E-state index contributed by atoms with van der Waals surface area (Å²) in [5, 5.41) is 5.40. The number of hydrogen-bond donors (Lipinski definition) is 2. The molecule has 3 aromatic rings. The molecule has 0 bridgehead atoms. The van der Waals surface area contributed by atoms with Gasteiger partial charge in [0.1, 0.15) is 11.3 Å². The van der Waals surface area contributed by atoms with Crippen LogP contribution in [-0.2, 0) is 14.4 Å². The molecule has 0 aromatic heterocycles. The summed E-state index contributed by atoms with van der Waals surface area (Å²) in [4.78, 5) is 51.0. The van der Waals surface area contributed by atoms with Crippen LogP contribution in [0.15, 0.2) is 72.3 Å². The third kappa shape index (κ3) is 5.40. The van der Waals surface area contributed by atoms with Gasteiger partial charge in [0, 0.05) is 10.7 Å². The first kappa shape index (κ1) is 25.0. The molecule has 0 radical (unpaired) electrons. The van der Waals surface area contributed by atoms with Crippen LogP contribution < -0.4 is 20.3 Å². The van der Waals surface area contributed by atoms with E-state index in [0.29, 0.717) is 21.8 Å². The van der Waals surface area contributed by atoms with Crippen LogP contribution in [-0.4, -0.2) is 30.4 Å². The fourth-order valence-electron chi connectivity index (χ4n) is 3.47. The number of halogens is 2. The maximum atomic E-state index is 13.1. The zero-order valence-corrected chi connectivity index (χ0v) is 20.4. The minimum atomic E-state index is -0.872. The fraction of sp³-hybridized carbons (Fsp3) is 0.0769. The minimum absolute atomic E-state index is 0.166. The van der Waals surface area contributed by atoms with E-state index >= 15 is 0 Å². The molecule has 1 aliphatic rings. The number of ether oxygens (including phenoxy) is 1. The van der Waals surface area contributed by atoms with Crippen LogP contribution >= 0.6 is 23.2 Å². The second kappa shape index (κ2) is 10.6. The Morgan fingerprint density at radius 3 is 2.47 bits per heavy atom. The van der Waals surface area contributed by atoms with Crippen molar-refractivity contribution in [3.63, 3.8) is 0 Å². The number of carbonyl (C=O) groups excluding carboxylic acids is 4. The average molecular weight is 524 g/mol. The molecular weight excluding hydrogens is 505 g/mol. The monoisotopic (exact) mass is 523 g/mol. The Hall–Kier alpha value is -4.14. The van der Waals surface area contributed by atoms with Crippen LogP contribution in [0.2, 0.25) is 10.0 Å². The van der Waals surface area contributed by atoms with Gasteiger partial charge in [0.25, 0.3) is 17.7 Å². The maximum Gasteiger partial charge on any atom is 0.335 e. The number of imide groups is 2. The van der Waals surface area contributed by atoms with Gasteiger partial charge in [-0.15, -0.1) is 0 Å². The third-order valence-electron chi connectivity index (χ3n) is 5.26. The Kier molecular flexibility index (Phi) is 7.38. The van der Waals surface area contributed by atoms with Crippen molar-refractivity contribution < 1.29 is 23.9 Å². The van der Waals surface area contributed by atoms with Gasteiger partial charge in [0.15, 0.2) is 6.61 Å². The molecule has 0 spiro atoms. The molecule has 36 heavy (non-hydrogen) atoms. The number of urea groups is 1. The molecule has 0 saturated carbocycles. The van der Waals surface area contributed by atoms with E-state index in [9.17, 15) is 19.2 Å². The van der Waals surface area contributed by atoms with Crippen LogP contribution in [0.25, 0.3) is 6.08 Å². The van der Waals surface area contributed by atoms with E-state index in [-0.39, 0.29) is 34.5 Å². The normalized spacial score (nSPS) is 14.6. The molecule has 2 N–H and O–H groups in total. The van der Waals surface area contributed by atoms with Crippen molar-refractivity contribution in [1.29, 1.82) is 0 Å². The number of anilines is 2. The van der Waals surface area contributed by atoms with Crippen LogP contribution in [0, 0.1) is 6.92 Å². The van der Waals surface area contributed by atoms with Crippen LogP contribution in [0.1, 0.15) is 11.1 Å². The zero-order chi connectivity index (χ0) is 25.8. The quantitative estimate of drug-likeness (QED) is 0.350. The molecule has 0 unspecified atom stereocenters. The standard InChI is InChI=1S/C26H19Cl2N3O5/c1-15-19(27)8-5-9-21(15)31-25(34)18(24(33)30-26(31)35)12-16-10-11-22(20(28)13-16)36-14-23(32)29-17-6-3-2-4-7-17/h2-13H,14H2,1H3,(H,29,32)(H,30,33,35)/b18-12+. The number of rotatable bonds is 6. The van der Waals surface area contributed by atoms with Crippen molar-refractivity contribution in [3.05, 3.63) is 93.5 Å². The first-order valence-corrected chi connectivity index (χ1v) is 11.4. The summed E-state index contributed by atoms with van der Waals surface area (Å²) >= 11 is 12.4. The van der Waals surface area contributed by atoms with Gasteiger partial charge in [-0.2, -0.15) is 0 Å². The van der Waals surface area contributed by atoms with Gasteiger partial charge in [-0.05, 0) is 60.5 Å². The molecule has 4 rings (SSSR count). The second-order valence-corrected chi connectivity index (χ2v) is 8.55. The highest BCUT2D eigenvalue weighted by Gasteiger charge is 2.37. The van der Waals surface area contributed by atoms with E-state index in [0.717, 1.165) is 4.90 Å². The molecule has 0 aliphatic carbocycles. The lowest BCUT2D eigenvalue weighted by molar-refractivity contribution is -0.122. The number of nitrogens with one attached hydrogen (secondary N) is 2. The van der Waals surface area contributed by atoms with Gasteiger partial charge < -0.3 is 10.1 Å². The van der Waals surface area contributed by atoms with Gasteiger partial charge in [0.2, 0.25) is 0 Å². The molecule has 0 atom stereocenters. The maximum absolute atomic E-state index is 13.1. The molecule has 3 aromatic carbocycles. The average Bonchev–Trinajstić information content (AvgIpc) is 2.84. The van der Waals surface area contributed by atoms with Gasteiger partial charge in [-0.1, -0.05) is 53.5 Å². The van der Waals surface area contributed by atoms with Crippen LogP contribution in [0.3, 0.4) is 0 Å². The lowest BCUT2D eigenvalue weighted by Crippen LogP contribution is -2.54. The number of barbiturate groups is 1. The first-order chi connectivity index (χ1) is 17.2. The van der Waals surface area contributed by atoms with E-state index in [4.69, 9.17) is 27.9 Å². The van der Waals surface area contributed by atoms with E-state index in [1.807, 2.05) is 6.07 Å². The molecule has 182 valence electrons. The number of amides is 5. The molecule has 10 heteroatoms. The molecule has 1 fully saturated rings. The number of nitrogens with zero attached hydrogens (tertiary/aromatic N) is 1. The molecule has 1 heterocycles. The Labute approximate surface area is 216 Å². The van der Waals surface area contributed by atoms with Gasteiger partial charge in [-0.25, -0.2) is 9.69 Å². The predicted molar refractivity (Wildman–Crippen MR) is 137 cm³/mol. The summed E-state index contributed by atoms with van der Waals surface area (Å²) < 4.78 is 5.50. The largest absolute Gasteiger partial charge is 0.482 e. The predicted octanol–water partition coefficient (Wildman–Crippen LogP) is 4.99. The molecule has 1 saturated heterocycles. The summed E-state index contributed by atoms with van der Waals surface area (Å²) in [6, 6.07) is 17.4. The topological polar surface area (TPSA) is 105 Å². The lowest BCUT2D eigenvalue weighted by Gasteiger charge is -2.27. The Morgan fingerprint density at radius 2 is 1.75 bits per heavy atom. The first-order valence-electron chi connectivity index (χ1n) is 10.7. The SMILES string of the molecule is Cc1c(Cl)cccc1N1C(=O)NC(=O)/C(=C\c2ccc(OCC(=O)Nc3ccccc3)c(Cl)c2)C1=O.